The third kappa shape index (κ3) is 4.22. The average molecular weight is 447 g/mol. The summed E-state index contributed by atoms with van der Waals surface area (Å²) in [6, 6.07) is 9.02. The number of carbonyl (C=O) groups is 1. The fourth-order valence-electron chi connectivity index (χ4n) is 2.25. The first-order valence-electron chi connectivity index (χ1n) is 7.79. The number of rotatable bonds is 3. The quantitative estimate of drug-likeness (QED) is 0.592. The van der Waals surface area contributed by atoms with Crippen LogP contribution in [0.4, 0.5) is 11.8 Å². The van der Waals surface area contributed by atoms with E-state index >= 15 is 0 Å². The Morgan fingerprint density at radius 1 is 1.08 bits per heavy atom. The first-order valence-corrected chi connectivity index (χ1v) is 8.87. The van der Waals surface area contributed by atoms with Crippen molar-refractivity contribution >= 4 is 51.2 Å². The average Bonchev–Trinajstić information content (AvgIpc) is 2.57. The number of nitrogens with zero attached hydrogens (tertiary/aromatic N) is 3. The Morgan fingerprint density at radius 3 is 2.48 bits per heavy atom. The third-order valence-electron chi connectivity index (χ3n) is 3.33. The van der Waals surface area contributed by atoms with Crippen molar-refractivity contribution in [3.8, 4) is 0 Å². The molecule has 0 aliphatic heterocycles. The predicted octanol–water partition coefficient (Wildman–Crippen LogP) is 4.09. The van der Waals surface area contributed by atoms with Crippen molar-refractivity contribution in [3.05, 3.63) is 51.9 Å². The van der Waals surface area contributed by atoms with Gasteiger partial charge in [-0.3, -0.25) is 4.79 Å². The number of carbonyl (C=O) groups excluding carboxylic acids is 1. The summed E-state index contributed by atoms with van der Waals surface area (Å²) in [5, 5.41) is 6.80. The molecule has 0 saturated heterocycles. The Balaban J connectivity index is 1.97. The molecule has 0 spiro atoms. The fraction of sp³-hybridized carbons (Fsp3) is 0.222. The molecule has 0 aliphatic rings. The van der Waals surface area contributed by atoms with Gasteiger partial charge in [-0.25, -0.2) is 15.0 Å². The van der Waals surface area contributed by atoms with E-state index in [2.05, 4.69) is 48.2 Å². The SMILES string of the molecule is CC(C)(C)Nc1ncc2c(NC(=O)c3ccccc3)ncc(I)c2n1. The zero-order valence-electron chi connectivity index (χ0n) is 14.2. The van der Waals surface area contributed by atoms with E-state index < -0.39 is 0 Å². The van der Waals surface area contributed by atoms with Crippen LogP contribution in [0.5, 0.6) is 0 Å². The molecule has 6 nitrogen and oxygen atoms in total. The number of aromatic nitrogens is 3. The number of fused-ring (bicyclic) bond motifs is 1. The number of nitrogens with one attached hydrogen (secondary N) is 2. The number of benzene rings is 1. The smallest absolute Gasteiger partial charge is 0.256 e. The van der Waals surface area contributed by atoms with Crippen molar-refractivity contribution in [2.24, 2.45) is 0 Å². The molecule has 1 aromatic carbocycles. The Hall–Kier alpha value is -2.29. The van der Waals surface area contributed by atoms with Gasteiger partial charge in [0.2, 0.25) is 5.95 Å². The summed E-state index contributed by atoms with van der Waals surface area (Å²) in [7, 11) is 0. The van der Waals surface area contributed by atoms with Crippen molar-refractivity contribution in [1.29, 1.82) is 0 Å². The predicted molar refractivity (Wildman–Crippen MR) is 108 cm³/mol. The number of amides is 1. The van der Waals surface area contributed by atoms with Crippen LogP contribution in [0.1, 0.15) is 31.1 Å². The molecule has 0 radical (unpaired) electrons. The summed E-state index contributed by atoms with van der Waals surface area (Å²) in [6.07, 6.45) is 3.38. The maximum absolute atomic E-state index is 12.4. The van der Waals surface area contributed by atoms with Crippen LogP contribution in [-0.2, 0) is 0 Å². The minimum Gasteiger partial charge on any atom is -0.350 e. The van der Waals surface area contributed by atoms with Gasteiger partial charge >= 0.3 is 0 Å². The molecule has 0 fully saturated rings. The van der Waals surface area contributed by atoms with Crippen LogP contribution in [-0.4, -0.2) is 26.4 Å². The molecule has 0 unspecified atom stereocenters. The lowest BCUT2D eigenvalue weighted by Gasteiger charge is -2.20. The lowest BCUT2D eigenvalue weighted by atomic mass is 10.1. The highest BCUT2D eigenvalue weighted by molar-refractivity contribution is 14.1. The number of hydrogen-bond donors (Lipinski definition) is 2. The maximum Gasteiger partial charge on any atom is 0.256 e. The van der Waals surface area contributed by atoms with E-state index in [1.165, 1.54) is 0 Å². The van der Waals surface area contributed by atoms with E-state index in [4.69, 9.17) is 0 Å². The highest BCUT2D eigenvalue weighted by Gasteiger charge is 2.15. The molecule has 1 amide bonds. The number of hydrogen-bond acceptors (Lipinski definition) is 5. The van der Waals surface area contributed by atoms with Gasteiger partial charge in [0.1, 0.15) is 5.82 Å². The van der Waals surface area contributed by atoms with Crippen LogP contribution in [0.15, 0.2) is 42.7 Å². The second kappa shape index (κ2) is 6.91. The molecule has 0 atom stereocenters. The Labute approximate surface area is 159 Å². The van der Waals surface area contributed by atoms with Crippen molar-refractivity contribution < 1.29 is 4.79 Å². The van der Waals surface area contributed by atoms with E-state index in [1.807, 2.05) is 39.0 Å². The highest BCUT2D eigenvalue weighted by atomic mass is 127. The molecule has 0 aliphatic carbocycles. The normalized spacial score (nSPS) is 11.4. The molecule has 0 saturated carbocycles. The third-order valence-corrected chi connectivity index (χ3v) is 4.12. The zero-order chi connectivity index (χ0) is 18.0. The van der Waals surface area contributed by atoms with Gasteiger partial charge in [-0.15, -0.1) is 0 Å². The molecule has 25 heavy (non-hydrogen) atoms. The maximum atomic E-state index is 12.4. The van der Waals surface area contributed by atoms with Gasteiger partial charge in [0.05, 0.1) is 14.5 Å². The van der Waals surface area contributed by atoms with Crippen molar-refractivity contribution in [2.75, 3.05) is 10.6 Å². The zero-order valence-corrected chi connectivity index (χ0v) is 16.3. The van der Waals surface area contributed by atoms with Crippen LogP contribution in [0.25, 0.3) is 10.9 Å². The number of halogens is 1. The molecule has 2 heterocycles. The van der Waals surface area contributed by atoms with Crippen LogP contribution >= 0.6 is 22.6 Å². The second-order valence-corrected chi connectivity index (χ2v) is 7.77. The summed E-state index contributed by atoms with van der Waals surface area (Å²) < 4.78 is 0.893. The van der Waals surface area contributed by atoms with Gasteiger partial charge in [0.25, 0.3) is 5.91 Å². The van der Waals surface area contributed by atoms with Gasteiger partial charge in [-0.1, -0.05) is 18.2 Å². The minimum atomic E-state index is -0.215. The molecular weight excluding hydrogens is 429 g/mol. The Kier molecular flexibility index (Phi) is 4.85. The summed E-state index contributed by atoms with van der Waals surface area (Å²) in [5.74, 6) is 0.781. The monoisotopic (exact) mass is 447 g/mol. The van der Waals surface area contributed by atoms with Gasteiger partial charge in [-0.2, -0.15) is 0 Å². The van der Waals surface area contributed by atoms with E-state index in [-0.39, 0.29) is 11.4 Å². The fourth-order valence-corrected chi connectivity index (χ4v) is 2.80. The molecule has 3 aromatic rings. The van der Waals surface area contributed by atoms with Crippen LogP contribution in [0, 0.1) is 3.57 Å². The Bertz CT molecular complexity index is 922. The van der Waals surface area contributed by atoms with Gasteiger partial charge in [0, 0.05) is 23.5 Å². The van der Waals surface area contributed by atoms with Crippen LogP contribution < -0.4 is 10.6 Å². The summed E-state index contributed by atoms with van der Waals surface area (Å²) in [4.78, 5) is 25.7. The molecule has 2 aromatic heterocycles. The number of anilines is 2. The topological polar surface area (TPSA) is 79.8 Å². The van der Waals surface area contributed by atoms with Crippen molar-refractivity contribution in [1.82, 2.24) is 15.0 Å². The molecule has 7 heteroatoms. The minimum absolute atomic E-state index is 0.142. The molecule has 0 bridgehead atoms. The molecular formula is C18H18IN5O. The van der Waals surface area contributed by atoms with Gasteiger partial charge in [-0.05, 0) is 55.5 Å². The Morgan fingerprint density at radius 2 is 1.80 bits per heavy atom. The molecule has 128 valence electrons. The number of pyridine rings is 1. The van der Waals surface area contributed by atoms with Crippen LogP contribution in [0.2, 0.25) is 0 Å². The summed E-state index contributed by atoms with van der Waals surface area (Å²) >= 11 is 2.18. The first-order chi connectivity index (χ1) is 11.8. The van der Waals surface area contributed by atoms with E-state index in [0.717, 1.165) is 9.09 Å². The standard InChI is InChI=1S/C18H18IN5O/c1-18(2,3)24-17-21-9-12-14(22-17)13(19)10-20-15(12)23-16(25)11-7-5-4-6-8-11/h4-10H,1-3H3,(H,20,23,25)(H,21,22,24). The van der Waals surface area contributed by atoms with E-state index in [9.17, 15) is 4.79 Å². The summed E-state index contributed by atoms with van der Waals surface area (Å²) in [5.41, 5.74) is 1.18. The second-order valence-electron chi connectivity index (χ2n) is 6.61. The van der Waals surface area contributed by atoms with Gasteiger partial charge in [0.15, 0.2) is 0 Å². The van der Waals surface area contributed by atoms with E-state index in [1.54, 1.807) is 24.5 Å². The molecule has 2 N–H and O–H groups in total. The van der Waals surface area contributed by atoms with E-state index in [0.29, 0.717) is 22.7 Å². The lowest BCUT2D eigenvalue weighted by Crippen LogP contribution is -2.27. The van der Waals surface area contributed by atoms with Gasteiger partial charge < -0.3 is 10.6 Å². The highest BCUT2D eigenvalue weighted by Crippen LogP contribution is 2.25. The van der Waals surface area contributed by atoms with Crippen molar-refractivity contribution in [3.63, 3.8) is 0 Å². The summed E-state index contributed by atoms with van der Waals surface area (Å²) in [6.45, 7) is 6.14. The molecule has 3 rings (SSSR count). The first kappa shape index (κ1) is 17.5. The largest absolute Gasteiger partial charge is 0.350 e. The lowest BCUT2D eigenvalue weighted by molar-refractivity contribution is 0.102. The van der Waals surface area contributed by atoms with Crippen molar-refractivity contribution in [2.45, 2.75) is 26.3 Å². The van der Waals surface area contributed by atoms with Crippen LogP contribution in [0.3, 0.4) is 0 Å².